The number of nitrogens with zero attached hydrogens (tertiary/aromatic N) is 2. The maximum atomic E-state index is 13.1. The van der Waals surface area contributed by atoms with E-state index in [4.69, 9.17) is 14.2 Å². The van der Waals surface area contributed by atoms with E-state index in [1.54, 1.807) is 27.7 Å². The van der Waals surface area contributed by atoms with E-state index in [1.807, 2.05) is 0 Å². The fourth-order valence-corrected chi connectivity index (χ4v) is 4.60. The number of nitrogens with one attached hydrogen (secondary N) is 1. The average molecular weight is 502 g/mol. The molecule has 0 aliphatic carbocycles. The van der Waals surface area contributed by atoms with Crippen LogP contribution < -0.4 is 10.1 Å². The molecule has 1 fully saturated rings. The van der Waals surface area contributed by atoms with Crippen molar-refractivity contribution in [1.29, 1.82) is 0 Å². The Morgan fingerprint density at radius 2 is 1.91 bits per heavy atom. The summed E-state index contributed by atoms with van der Waals surface area (Å²) in [5.74, 6) is -0.261. The molecule has 0 saturated carbocycles. The topological polar surface area (TPSA) is 124 Å². The van der Waals surface area contributed by atoms with Gasteiger partial charge in [0, 0.05) is 31.3 Å². The first-order valence-electron chi connectivity index (χ1n) is 10.7. The molecule has 2 rings (SSSR count). The molecule has 1 N–H and O–H groups in total. The number of ether oxygens (including phenoxy) is 3. The summed E-state index contributed by atoms with van der Waals surface area (Å²) in [7, 11) is -2.48. The zero-order chi connectivity index (χ0) is 25.6. The zero-order valence-corrected chi connectivity index (χ0v) is 20.9. The quantitative estimate of drug-likeness (QED) is 0.539. The zero-order valence-electron chi connectivity index (χ0n) is 20.1. The summed E-state index contributed by atoms with van der Waals surface area (Å²) in [6, 6.07) is 2.72. The lowest BCUT2D eigenvalue weighted by Crippen LogP contribution is -2.45. The van der Waals surface area contributed by atoms with Crippen molar-refractivity contribution in [3.63, 3.8) is 0 Å². The van der Waals surface area contributed by atoms with Gasteiger partial charge in [-0.05, 0) is 46.6 Å². The van der Waals surface area contributed by atoms with Gasteiger partial charge in [0.2, 0.25) is 15.9 Å². The Labute approximate surface area is 199 Å². The molecule has 2 heterocycles. The third-order valence-corrected chi connectivity index (χ3v) is 7.15. The molecule has 10 nitrogen and oxygen atoms in total. The number of piperidine rings is 1. The van der Waals surface area contributed by atoms with Gasteiger partial charge in [0.25, 0.3) is 0 Å². The summed E-state index contributed by atoms with van der Waals surface area (Å²) in [5.41, 5.74) is -1.26. The molecule has 34 heavy (non-hydrogen) atoms. The summed E-state index contributed by atoms with van der Waals surface area (Å²) in [4.78, 5) is 27.6. The molecule has 1 amide bonds. The Hall–Kier alpha value is -2.73. The van der Waals surface area contributed by atoms with E-state index in [0.29, 0.717) is 19.2 Å². The van der Waals surface area contributed by atoms with Crippen molar-refractivity contribution in [2.24, 2.45) is 5.41 Å². The number of alkyl carbamates (subject to hydrolysis) is 1. The van der Waals surface area contributed by atoms with Gasteiger partial charge >= 0.3 is 12.1 Å². The smallest absolute Gasteiger partial charge is 0.407 e. The summed E-state index contributed by atoms with van der Waals surface area (Å²) in [6.45, 7) is 6.93. The SMILES string of the molecule is COC(=O)C1(C)CCN(S(=O)(=O)c2ccc(OC/C(=C/F)CNC(=O)OC(C)(C)C)nc2)CC1. The molecule has 190 valence electrons. The second-order valence-corrected chi connectivity index (χ2v) is 11.1. The lowest BCUT2D eigenvalue weighted by atomic mass is 9.81. The summed E-state index contributed by atoms with van der Waals surface area (Å²) in [6.07, 6.45) is 1.49. The molecule has 0 unspecified atom stereocenters. The third kappa shape index (κ3) is 7.39. The number of aromatic nitrogens is 1. The van der Waals surface area contributed by atoms with Crippen molar-refractivity contribution in [3.8, 4) is 5.88 Å². The minimum atomic E-state index is -3.80. The maximum absolute atomic E-state index is 13.1. The van der Waals surface area contributed by atoms with E-state index in [1.165, 1.54) is 23.5 Å². The van der Waals surface area contributed by atoms with Crippen molar-refractivity contribution in [1.82, 2.24) is 14.6 Å². The molecule has 0 radical (unpaired) electrons. The molecule has 1 aromatic heterocycles. The number of halogens is 1. The number of sulfonamides is 1. The monoisotopic (exact) mass is 501 g/mol. The van der Waals surface area contributed by atoms with Crippen LogP contribution >= 0.6 is 0 Å². The second-order valence-electron chi connectivity index (χ2n) is 9.20. The number of carbonyl (C=O) groups excluding carboxylic acids is 2. The predicted molar refractivity (Wildman–Crippen MR) is 121 cm³/mol. The molecule has 0 atom stereocenters. The molecule has 1 aliphatic heterocycles. The van der Waals surface area contributed by atoms with Crippen molar-refractivity contribution >= 4 is 22.1 Å². The number of pyridine rings is 1. The minimum Gasteiger partial charge on any atom is -0.473 e. The number of amides is 1. The highest BCUT2D eigenvalue weighted by atomic mass is 32.2. The highest BCUT2D eigenvalue weighted by molar-refractivity contribution is 7.89. The first-order valence-corrected chi connectivity index (χ1v) is 12.2. The fraction of sp³-hybridized carbons (Fsp3) is 0.591. The van der Waals surface area contributed by atoms with Gasteiger partial charge in [-0.2, -0.15) is 4.31 Å². The molecule has 0 aromatic carbocycles. The molecular formula is C22H32FN3O7S. The van der Waals surface area contributed by atoms with E-state index in [0.717, 1.165) is 6.20 Å². The Kier molecular flexibility index (Phi) is 9.01. The molecule has 12 heteroatoms. The van der Waals surface area contributed by atoms with Crippen LogP contribution in [0.2, 0.25) is 0 Å². The van der Waals surface area contributed by atoms with Gasteiger partial charge < -0.3 is 19.5 Å². The Morgan fingerprint density at radius 1 is 1.26 bits per heavy atom. The van der Waals surface area contributed by atoms with Crippen molar-refractivity contribution < 1.29 is 36.6 Å². The molecule has 1 aliphatic rings. The maximum Gasteiger partial charge on any atom is 0.407 e. The lowest BCUT2D eigenvalue weighted by Gasteiger charge is -2.36. The van der Waals surface area contributed by atoms with E-state index in [9.17, 15) is 22.4 Å². The normalized spacial score (nSPS) is 17.1. The van der Waals surface area contributed by atoms with Crippen LogP contribution in [0, 0.1) is 5.41 Å². The van der Waals surface area contributed by atoms with E-state index >= 15 is 0 Å². The van der Waals surface area contributed by atoms with Crippen LogP contribution in [0.25, 0.3) is 0 Å². The third-order valence-electron chi connectivity index (χ3n) is 5.27. The number of hydrogen-bond donors (Lipinski definition) is 1. The van der Waals surface area contributed by atoms with E-state index in [2.05, 4.69) is 10.3 Å². The largest absolute Gasteiger partial charge is 0.473 e. The summed E-state index contributed by atoms with van der Waals surface area (Å²) in [5, 5.41) is 2.42. The number of carbonyl (C=O) groups is 2. The second kappa shape index (κ2) is 11.1. The van der Waals surface area contributed by atoms with Gasteiger partial charge in [0.1, 0.15) is 17.1 Å². The lowest BCUT2D eigenvalue weighted by molar-refractivity contribution is -0.153. The molecule has 1 aromatic rings. The fourth-order valence-electron chi connectivity index (χ4n) is 3.21. The van der Waals surface area contributed by atoms with Crippen LogP contribution in [0.3, 0.4) is 0 Å². The first kappa shape index (κ1) is 27.5. The van der Waals surface area contributed by atoms with Crippen LogP contribution in [-0.2, 0) is 24.3 Å². The number of rotatable bonds is 8. The molecular weight excluding hydrogens is 469 g/mol. The number of esters is 1. The average Bonchev–Trinajstić information content (AvgIpc) is 2.78. The van der Waals surface area contributed by atoms with Crippen LogP contribution in [0.1, 0.15) is 40.5 Å². The van der Waals surface area contributed by atoms with Crippen LogP contribution in [-0.4, -0.2) is 68.7 Å². The highest BCUT2D eigenvalue weighted by Crippen LogP contribution is 2.34. The Bertz CT molecular complexity index is 996. The van der Waals surface area contributed by atoms with Gasteiger partial charge in [-0.1, -0.05) is 0 Å². The standard InChI is InChI=1S/C22H32FN3O7S/c1-21(2,3)33-20(28)25-13-16(12-23)15-32-18-7-6-17(14-24-18)34(29,30)26-10-8-22(4,9-11-26)19(27)31-5/h6-7,12,14H,8-11,13,15H2,1-5H3,(H,25,28)/b16-12+. The predicted octanol–water partition coefficient (Wildman–Crippen LogP) is 2.80. The molecule has 0 bridgehead atoms. The van der Waals surface area contributed by atoms with Gasteiger partial charge in [-0.3, -0.25) is 4.79 Å². The van der Waals surface area contributed by atoms with Gasteiger partial charge in [0.05, 0.1) is 25.1 Å². The van der Waals surface area contributed by atoms with Gasteiger partial charge in [-0.25, -0.2) is 22.6 Å². The number of hydrogen-bond acceptors (Lipinski definition) is 8. The van der Waals surface area contributed by atoms with Crippen molar-refractivity contribution in [2.75, 3.05) is 33.4 Å². The van der Waals surface area contributed by atoms with E-state index in [-0.39, 0.29) is 48.6 Å². The van der Waals surface area contributed by atoms with E-state index < -0.39 is 27.1 Å². The molecule has 0 spiro atoms. The highest BCUT2D eigenvalue weighted by Gasteiger charge is 2.41. The molecule has 1 saturated heterocycles. The summed E-state index contributed by atoms with van der Waals surface area (Å²) >= 11 is 0. The van der Waals surface area contributed by atoms with Crippen LogP contribution in [0.4, 0.5) is 9.18 Å². The number of methoxy groups -OCH3 is 1. The first-order chi connectivity index (χ1) is 15.8. The van der Waals surface area contributed by atoms with Gasteiger partial charge in [0.15, 0.2) is 0 Å². The van der Waals surface area contributed by atoms with Gasteiger partial charge in [-0.15, -0.1) is 0 Å². The van der Waals surface area contributed by atoms with Crippen molar-refractivity contribution in [2.45, 2.75) is 51.0 Å². The Morgan fingerprint density at radius 3 is 2.41 bits per heavy atom. The van der Waals surface area contributed by atoms with Crippen LogP contribution in [0.5, 0.6) is 5.88 Å². The van der Waals surface area contributed by atoms with Crippen molar-refractivity contribution in [3.05, 3.63) is 30.2 Å². The van der Waals surface area contributed by atoms with Crippen LogP contribution in [0.15, 0.2) is 35.1 Å². The summed E-state index contributed by atoms with van der Waals surface area (Å²) < 4.78 is 55.6. The Balaban J connectivity index is 1.92. The minimum absolute atomic E-state index is 0.0191.